The highest BCUT2D eigenvalue weighted by atomic mass is 19.1. The second-order valence-corrected chi connectivity index (χ2v) is 7.84. The van der Waals surface area contributed by atoms with Crippen LogP contribution in [0.1, 0.15) is 18.9 Å². The van der Waals surface area contributed by atoms with Gasteiger partial charge in [-0.3, -0.25) is 4.79 Å². The average molecular weight is 413 g/mol. The first kappa shape index (κ1) is 20.1. The summed E-state index contributed by atoms with van der Waals surface area (Å²) >= 11 is 0. The number of nitrogens with zero attached hydrogens (tertiary/aromatic N) is 2. The van der Waals surface area contributed by atoms with Gasteiger partial charge in [-0.05, 0) is 25.5 Å². The van der Waals surface area contributed by atoms with Crippen LogP contribution in [0.5, 0.6) is 5.75 Å². The summed E-state index contributed by atoms with van der Waals surface area (Å²) in [4.78, 5) is 18.9. The number of allylic oxidation sites excluding steroid dienone is 1. The van der Waals surface area contributed by atoms with Crippen molar-refractivity contribution in [3.63, 3.8) is 0 Å². The van der Waals surface area contributed by atoms with Crippen molar-refractivity contribution in [1.82, 2.24) is 5.32 Å². The van der Waals surface area contributed by atoms with Crippen molar-refractivity contribution in [2.75, 3.05) is 29.9 Å². The molecule has 1 fully saturated rings. The van der Waals surface area contributed by atoms with Crippen molar-refractivity contribution in [1.29, 1.82) is 5.41 Å². The Morgan fingerprint density at radius 2 is 2.40 bits per heavy atom. The van der Waals surface area contributed by atoms with Gasteiger partial charge in [0.25, 0.3) is 5.91 Å². The molecule has 0 aromatic heterocycles. The molecule has 3 aliphatic heterocycles. The van der Waals surface area contributed by atoms with Crippen molar-refractivity contribution in [3.05, 3.63) is 41.4 Å². The van der Waals surface area contributed by atoms with E-state index in [1.807, 2.05) is 11.8 Å². The maximum atomic E-state index is 13.9. The van der Waals surface area contributed by atoms with Crippen molar-refractivity contribution >= 4 is 29.7 Å². The second kappa shape index (κ2) is 7.91. The molecular weight excluding hydrogens is 389 g/mol. The zero-order chi connectivity index (χ0) is 21.3. The average Bonchev–Trinajstić information content (AvgIpc) is 3.31. The molecule has 1 aromatic rings. The molecule has 0 aliphatic carbocycles. The number of hydrogen-bond acceptors (Lipinski definition) is 7. The monoisotopic (exact) mass is 413 g/mol. The van der Waals surface area contributed by atoms with Gasteiger partial charge in [0.2, 0.25) is 0 Å². The van der Waals surface area contributed by atoms with Crippen LogP contribution in [0.3, 0.4) is 0 Å². The largest absolute Gasteiger partial charge is 0.484 e. The molecule has 4 N–H and O–H groups in total. The van der Waals surface area contributed by atoms with Crippen LogP contribution < -0.4 is 20.3 Å². The molecule has 0 spiro atoms. The summed E-state index contributed by atoms with van der Waals surface area (Å²) in [5.41, 5.74) is 1.35. The Kier molecular flexibility index (Phi) is 5.29. The van der Waals surface area contributed by atoms with Crippen molar-refractivity contribution < 1.29 is 19.0 Å². The highest BCUT2D eigenvalue weighted by Crippen LogP contribution is 2.42. The minimum absolute atomic E-state index is 0.0725. The summed E-state index contributed by atoms with van der Waals surface area (Å²) in [5.74, 6) is 0.394. The molecule has 0 saturated carbocycles. The van der Waals surface area contributed by atoms with E-state index in [4.69, 9.17) is 10.1 Å². The Balaban J connectivity index is 1.69. The third kappa shape index (κ3) is 3.80. The lowest BCUT2D eigenvalue weighted by atomic mass is 9.99. The van der Waals surface area contributed by atoms with E-state index in [-0.39, 0.29) is 24.5 Å². The molecule has 1 amide bonds. The Bertz CT molecular complexity index is 974. The van der Waals surface area contributed by atoms with Crippen LogP contribution in [0.25, 0.3) is 0 Å². The number of benzene rings is 1. The van der Waals surface area contributed by atoms with Gasteiger partial charge in [0, 0.05) is 49.8 Å². The second-order valence-electron chi connectivity index (χ2n) is 7.84. The lowest BCUT2D eigenvalue weighted by Crippen LogP contribution is -2.34. The topological polar surface area (TPSA) is 110 Å². The summed E-state index contributed by atoms with van der Waals surface area (Å²) in [6.45, 7) is 2.43. The Morgan fingerprint density at radius 3 is 3.03 bits per heavy atom. The van der Waals surface area contributed by atoms with Crippen LogP contribution in [-0.2, 0) is 11.2 Å². The molecule has 1 saturated heterocycles. The fourth-order valence-electron chi connectivity index (χ4n) is 3.84. The van der Waals surface area contributed by atoms with E-state index in [1.54, 1.807) is 24.4 Å². The number of ether oxygens (including phenoxy) is 1. The number of amides is 1. The highest BCUT2D eigenvalue weighted by molar-refractivity contribution is 6.18. The summed E-state index contributed by atoms with van der Waals surface area (Å²) < 4.78 is 19.8. The number of anilines is 2. The number of hydrogen-bond donors (Lipinski definition) is 4. The van der Waals surface area contributed by atoms with E-state index < -0.39 is 17.7 Å². The molecule has 158 valence electrons. The van der Waals surface area contributed by atoms with E-state index in [9.17, 15) is 14.3 Å². The van der Waals surface area contributed by atoms with Gasteiger partial charge >= 0.3 is 0 Å². The standard InChI is InChI=1S/C21H24FN5O3/c1-21(12-28)9-13-7-16(17(8-18(13)30-21)27-6-3-14(22)11-27)26-20(29)15(10-23)19-24-4-2-5-25-19/h2,4-5,7-8,10,14,23-24,28H,3,6,9,11-12H2,1H3,(H,26,29)/b19-15-,23-10?/t14-,21-/m0/s1. The molecule has 30 heavy (non-hydrogen) atoms. The number of halogens is 1. The minimum atomic E-state index is -0.933. The van der Waals surface area contributed by atoms with Gasteiger partial charge in [-0.2, -0.15) is 0 Å². The molecule has 3 aliphatic rings. The molecule has 0 radical (unpaired) electrons. The number of carbonyl (C=O) groups excluding carboxylic acids is 1. The minimum Gasteiger partial charge on any atom is -0.484 e. The summed E-state index contributed by atoms with van der Waals surface area (Å²) in [5, 5.41) is 23.0. The number of carbonyl (C=O) groups is 1. The summed E-state index contributed by atoms with van der Waals surface area (Å²) in [7, 11) is 0. The number of fused-ring (bicyclic) bond motifs is 1. The maximum Gasteiger partial charge on any atom is 0.261 e. The van der Waals surface area contributed by atoms with Crippen molar-refractivity contribution in [3.8, 4) is 5.75 Å². The first-order valence-corrected chi connectivity index (χ1v) is 9.80. The van der Waals surface area contributed by atoms with E-state index in [1.165, 1.54) is 6.21 Å². The van der Waals surface area contributed by atoms with E-state index in [0.717, 1.165) is 11.8 Å². The number of aliphatic hydroxyl groups excluding tert-OH is 1. The van der Waals surface area contributed by atoms with Gasteiger partial charge in [-0.1, -0.05) is 0 Å². The van der Waals surface area contributed by atoms with Crippen LogP contribution in [0, 0.1) is 5.41 Å². The van der Waals surface area contributed by atoms with E-state index >= 15 is 0 Å². The number of aliphatic imine (C=N–C) groups is 1. The molecule has 0 unspecified atom stereocenters. The lowest BCUT2D eigenvalue weighted by molar-refractivity contribution is -0.112. The molecule has 9 heteroatoms. The Labute approximate surface area is 173 Å². The number of aliphatic hydroxyl groups is 1. The number of rotatable bonds is 5. The van der Waals surface area contributed by atoms with Crippen LogP contribution in [0.15, 0.2) is 40.8 Å². The van der Waals surface area contributed by atoms with Crippen molar-refractivity contribution in [2.45, 2.75) is 31.5 Å². The van der Waals surface area contributed by atoms with Gasteiger partial charge in [0.05, 0.1) is 23.6 Å². The SMILES string of the molecule is C[C@@]1(CO)Cc2cc(NC(=O)/C(C=N)=C3\N=CC=CN3)c(N3CC[C@H](F)C3)cc2O1. The van der Waals surface area contributed by atoms with Crippen molar-refractivity contribution in [2.24, 2.45) is 4.99 Å². The fraction of sp³-hybridized carbons (Fsp3) is 0.381. The number of alkyl halides is 1. The number of nitrogens with one attached hydrogen (secondary N) is 3. The zero-order valence-corrected chi connectivity index (χ0v) is 16.6. The van der Waals surface area contributed by atoms with Gasteiger partial charge in [-0.25, -0.2) is 9.38 Å². The van der Waals surface area contributed by atoms with Gasteiger partial charge in [0.15, 0.2) is 0 Å². The van der Waals surface area contributed by atoms with E-state index in [2.05, 4.69) is 15.6 Å². The summed E-state index contributed by atoms with van der Waals surface area (Å²) in [6.07, 6.45) is 5.75. The predicted octanol–water partition coefficient (Wildman–Crippen LogP) is 1.91. The molecule has 2 atom stereocenters. The summed E-state index contributed by atoms with van der Waals surface area (Å²) in [6, 6.07) is 3.60. The van der Waals surface area contributed by atoms with E-state index in [0.29, 0.717) is 36.5 Å². The molecular formula is C21H24FN5O3. The molecule has 3 heterocycles. The molecule has 8 nitrogen and oxygen atoms in total. The molecule has 0 bridgehead atoms. The van der Waals surface area contributed by atoms with Gasteiger partial charge in [0.1, 0.15) is 23.3 Å². The fourth-order valence-corrected chi connectivity index (χ4v) is 3.84. The lowest BCUT2D eigenvalue weighted by Gasteiger charge is -2.23. The first-order chi connectivity index (χ1) is 14.4. The van der Waals surface area contributed by atoms with Crippen LogP contribution in [-0.4, -0.2) is 54.9 Å². The third-order valence-corrected chi connectivity index (χ3v) is 5.40. The Morgan fingerprint density at radius 1 is 1.57 bits per heavy atom. The predicted molar refractivity (Wildman–Crippen MR) is 113 cm³/mol. The highest BCUT2D eigenvalue weighted by Gasteiger charge is 2.36. The third-order valence-electron chi connectivity index (χ3n) is 5.40. The maximum absolute atomic E-state index is 13.9. The first-order valence-electron chi connectivity index (χ1n) is 9.80. The quantitative estimate of drug-likeness (QED) is 0.435. The smallest absolute Gasteiger partial charge is 0.261 e. The van der Waals surface area contributed by atoms with Crippen LogP contribution >= 0.6 is 0 Å². The van der Waals surface area contributed by atoms with Crippen LogP contribution in [0.2, 0.25) is 0 Å². The van der Waals surface area contributed by atoms with Crippen LogP contribution in [0.4, 0.5) is 15.8 Å². The van der Waals surface area contributed by atoms with Gasteiger partial charge < -0.3 is 30.8 Å². The molecule has 4 rings (SSSR count). The normalized spacial score (nSPS) is 26.1. The van der Waals surface area contributed by atoms with Gasteiger partial charge in [-0.15, -0.1) is 0 Å². The molecule has 1 aromatic carbocycles. The Hall–Kier alpha value is -3.20. The zero-order valence-electron chi connectivity index (χ0n) is 16.6.